The summed E-state index contributed by atoms with van der Waals surface area (Å²) in [5.74, 6) is -2.68. The summed E-state index contributed by atoms with van der Waals surface area (Å²) in [5.41, 5.74) is 0.299. The number of unbranched alkanes of at least 4 members (excludes halogenated alkanes) is 3. The molecule has 42 heavy (non-hydrogen) atoms. The molecule has 3 fully saturated rings. The molecule has 12 heteroatoms. The summed E-state index contributed by atoms with van der Waals surface area (Å²) in [6.07, 6.45) is 6.48. The number of carbonyl (C=O) groups is 3. The molecule has 0 aliphatic carbocycles. The second-order valence-corrected chi connectivity index (χ2v) is 12.3. The molecular weight excluding hydrogens is 606 g/mol. The summed E-state index contributed by atoms with van der Waals surface area (Å²) in [6, 6.07) is 6.55. The third-order valence-corrected chi connectivity index (χ3v) is 9.38. The minimum atomic E-state index is -1.18. The van der Waals surface area contributed by atoms with Crippen LogP contribution in [0.1, 0.15) is 38.5 Å². The topological polar surface area (TPSA) is 127 Å². The predicted octanol–water partition coefficient (Wildman–Crippen LogP) is 2.82. The van der Waals surface area contributed by atoms with Crippen LogP contribution >= 0.6 is 15.9 Å². The van der Waals surface area contributed by atoms with E-state index in [0.717, 1.165) is 5.52 Å². The Hall–Kier alpha value is -3.09. The van der Waals surface area contributed by atoms with Crippen LogP contribution in [-0.2, 0) is 30.5 Å². The molecule has 6 atom stereocenters. The van der Waals surface area contributed by atoms with Gasteiger partial charge in [-0.3, -0.25) is 14.4 Å². The Balaban J connectivity index is 1.47. The number of aliphatic hydroxyl groups excluding tert-OH is 1. The van der Waals surface area contributed by atoms with E-state index in [0.29, 0.717) is 50.6 Å². The van der Waals surface area contributed by atoms with Crippen LogP contribution in [-0.4, -0.2) is 96.6 Å². The number of rotatable bonds is 15. The van der Waals surface area contributed by atoms with Gasteiger partial charge in [0.05, 0.1) is 30.1 Å². The van der Waals surface area contributed by atoms with E-state index in [1.807, 2.05) is 24.3 Å². The fourth-order valence-electron chi connectivity index (χ4n) is 6.72. The van der Waals surface area contributed by atoms with Gasteiger partial charge in [-0.2, -0.15) is 0 Å². The molecule has 1 aromatic carbocycles. The number of likely N-dealkylation sites (tertiary alicyclic amines) is 1. The summed E-state index contributed by atoms with van der Waals surface area (Å²) in [5, 5.41) is 17.8. The monoisotopic (exact) mass is 643 g/mol. The number of nitrogens with zero attached hydrogens (tertiary/aromatic N) is 5. The second-order valence-electron chi connectivity index (χ2n) is 11.1. The Morgan fingerprint density at radius 2 is 2.02 bits per heavy atom. The first-order valence-electron chi connectivity index (χ1n) is 14.6. The lowest BCUT2D eigenvalue weighted by molar-refractivity contribution is -0.155. The second kappa shape index (κ2) is 13.0. The third kappa shape index (κ3) is 5.40. The largest absolute Gasteiger partial charge is 0.465 e. The zero-order valence-corrected chi connectivity index (χ0v) is 25.2. The zero-order chi connectivity index (χ0) is 29.9. The number of benzene rings is 1. The smallest absolute Gasteiger partial charge is 0.312 e. The minimum absolute atomic E-state index is 0.0532. The lowest BCUT2D eigenvalue weighted by atomic mass is 9.70. The molecule has 11 nitrogen and oxygen atoms in total. The average Bonchev–Trinajstić information content (AvgIpc) is 3.70. The maximum atomic E-state index is 14.6. The van der Waals surface area contributed by atoms with Crippen LogP contribution in [0.15, 0.2) is 49.6 Å². The molecule has 1 aromatic heterocycles. The van der Waals surface area contributed by atoms with Crippen molar-refractivity contribution in [2.24, 2.45) is 11.8 Å². The summed E-state index contributed by atoms with van der Waals surface area (Å²) in [4.78, 5) is 45.1. The summed E-state index contributed by atoms with van der Waals surface area (Å²) in [7, 11) is 0. The molecule has 5 rings (SSSR count). The zero-order valence-electron chi connectivity index (χ0n) is 23.6. The third-order valence-electron chi connectivity index (χ3n) is 8.54. The highest BCUT2D eigenvalue weighted by molar-refractivity contribution is 9.09. The number of carbonyl (C=O) groups excluding carboxylic acids is 3. The van der Waals surface area contributed by atoms with Crippen LogP contribution in [0.5, 0.6) is 0 Å². The molecule has 2 bridgehead atoms. The van der Waals surface area contributed by atoms with E-state index in [9.17, 15) is 19.5 Å². The molecule has 1 spiro atoms. The van der Waals surface area contributed by atoms with Crippen molar-refractivity contribution in [3.63, 3.8) is 0 Å². The van der Waals surface area contributed by atoms with Crippen LogP contribution in [0.3, 0.4) is 0 Å². The van der Waals surface area contributed by atoms with E-state index in [4.69, 9.17) is 9.47 Å². The number of esters is 1. The first-order valence-corrected chi connectivity index (χ1v) is 15.5. The van der Waals surface area contributed by atoms with E-state index in [1.165, 1.54) is 0 Å². The van der Waals surface area contributed by atoms with Gasteiger partial charge in [0.1, 0.15) is 23.8 Å². The maximum Gasteiger partial charge on any atom is 0.312 e. The lowest BCUT2D eigenvalue weighted by Gasteiger charge is -2.37. The van der Waals surface area contributed by atoms with Crippen molar-refractivity contribution in [3.8, 4) is 0 Å². The standard InChI is InChI=1S/C30H38BrN5O6/c1-3-5-11-17-41-29(40)23-24-27(38)35(15-9-6-10-16-37)26(30(24)18-20(31)25(23)42-30)28(39)34(14-4-2)19-36-22-13-8-7-12-21(22)32-33-36/h3-4,7-8,12-13,20,23-26,37H,1-2,5-6,9-11,14-19H2/t20?,23-,24-,25-,26?,30?/m0/s1. The first kappa shape index (κ1) is 30.4. The Kier molecular flexibility index (Phi) is 9.44. The molecule has 3 unspecified atom stereocenters. The van der Waals surface area contributed by atoms with Crippen LogP contribution < -0.4 is 0 Å². The summed E-state index contributed by atoms with van der Waals surface area (Å²) in [6.45, 7) is 8.46. The summed E-state index contributed by atoms with van der Waals surface area (Å²) < 4.78 is 13.8. The fourth-order valence-corrected chi connectivity index (χ4v) is 7.66. The number of amides is 2. The van der Waals surface area contributed by atoms with Crippen molar-refractivity contribution in [1.82, 2.24) is 24.8 Å². The maximum absolute atomic E-state index is 14.6. The molecule has 3 aliphatic rings. The Bertz CT molecular complexity index is 1330. The number of hydrogen-bond donors (Lipinski definition) is 1. The number of aromatic nitrogens is 3. The molecular formula is C30H38BrN5O6. The van der Waals surface area contributed by atoms with Crippen LogP contribution in [0.25, 0.3) is 11.0 Å². The van der Waals surface area contributed by atoms with Crippen molar-refractivity contribution < 1.29 is 29.0 Å². The van der Waals surface area contributed by atoms with Gasteiger partial charge in [-0.05, 0) is 50.7 Å². The Morgan fingerprint density at radius 3 is 2.79 bits per heavy atom. The molecule has 4 heterocycles. The van der Waals surface area contributed by atoms with Gasteiger partial charge >= 0.3 is 5.97 Å². The molecule has 3 aliphatic heterocycles. The number of halogens is 1. The van der Waals surface area contributed by atoms with Crippen molar-refractivity contribution in [2.45, 2.75) is 67.8 Å². The highest BCUT2D eigenvalue weighted by Gasteiger charge is 2.77. The van der Waals surface area contributed by atoms with Crippen LogP contribution in [0.4, 0.5) is 0 Å². The average molecular weight is 645 g/mol. The predicted molar refractivity (Wildman–Crippen MR) is 158 cm³/mol. The normalized spacial score (nSPS) is 27.8. The molecule has 2 amide bonds. The highest BCUT2D eigenvalue weighted by Crippen LogP contribution is 2.60. The van der Waals surface area contributed by atoms with Gasteiger partial charge in [0.25, 0.3) is 0 Å². The minimum Gasteiger partial charge on any atom is -0.465 e. The Morgan fingerprint density at radius 1 is 1.21 bits per heavy atom. The number of para-hydroxylation sites is 1. The van der Waals surface area contributed by atoms with Gasteiger partial charge in [-0.25, -0.2) is 4.68 Å². The number of aliphatic hydroxyl groups is 1. The number of fused-ring (bicyclic) bond motifs is 2. The van der Waals surface area contributed by atoms with E-state index in [2.05, 4.69) is 39.4 Å². The SMILES string of the molecule is C=CCCCOC(=O)[C@H]1[C@H]2C(=O)N(CCCCCO)C(C(=O)N(CC=C)Cn3nnc4ccccc43)C23CC(Br)[C@@H]1O3. The molecule has 0 radical (unpaired) electrons. The fraction of sp³-hybridized carbons (Fsp3) is 0.567. The van der Waals surface area contributed by atoms with Crippen molar-refractivity contribution in [1.29, 1.82) is 0 Å². The molecule has 0 saturated carbocycles. The van der Waals surface area contributed by atoms with Gasteiger partial charge in [0, 0.05) is 24.5 Å². The van der Waals surface area contributed by atoms with Crippen molar-refractivity contribution in [3.05, 3.63) is 49.6 Å². The van der Waals surface area contributed by atoms with Gasteiger partial charge in [-0.15, -0.1) is 18.3 Å². The first-order chi connectivity index (χ1) is 20.4. The van der Waals surface area contributed by atoms with Gasteiger partial charge in [0.2, 0.25) is 11.8 Å². The molecule has 3 saturated heterocycles. The lowest BCUT2D eigenvalue weighted by Crippen LogP contribution is -2.57. The molecule has 2 aromatic rings. The Labute approximate surface area is 253 Å². The number of hydrogen-bond acceptors (Lipinski definition) is 8. The van der Waals surface area contributed by atoms with E-state index >= 15 is 0 Å². The van der Waals surface area contributed by atoms with E-state index in [1.54, 1.807) is 26.6 Å². The van der Waals surface area contributed by atoms with Crippen molar-refractivity contribution >= 4 is 44.7 Å². The van der Waals surface area contributed by atoms with Gasteiger partial charge in [0.15, 0.2) is 0 Å². The quantitative estimate of drug-likeness (QED) is 0.136. The number of alkyl halides is 1. The van der Waals surface area contributed by atoms with Crippen LogP contribution in [0, 0.1) is 11.8 Å². The van der Waals surface area contributed by atoms with Crippen molar-refractivity contribution in [2.75, 3.05) is 26.3 Å². The van der Waals surface area contributed by atoms with E-state index < -0.39 is 35.6 Å². The van der Waals surface area contributed by atoms with Crippen LogP contribution in [0.2, 0.25) is 0 Å². The highest BCUT2D eigenvalue weighted by atomic mass is 79.9. The molecule has 226 valence electrons. The van der Waals surface area contributed by atoms with Gasteiger partial charge in [-0.1, -0.05) is 45.4 Å². The summed E-state index contributed by atoms with van der Waals surface area (Å²) >= 11 is 3.69. The van der Waals surface area contributed by atoms with Gasteiger partial charge < -0.3 is 24.4 Å². The number of allylic oxidation sites excluding steroid dienone is 1. The van der Waals surface area contributed by atoms with E-state index in [-0.39, 0.29) is 43.1 Å². The number of ether oxygens (including phenoxy) is 2. The molecule has 1 N–H and O–H groups in total.